The van der Waals surface area contributed by atoms with E-state index in [0.717, 1.165) is 12.8 Å². The van der Waals surface area contributed by atoms with E-state index in [-0.39, 0.29) is 23.7 Å². The molecule has 4 aliphatic rings. The van der Waals surface area contributed by atoms with Gasteiger partial charge in [0.05, 0.1) is 42.9 Å². The molecule has 1 N–H and O–H groups in total. The van der Waals surface area contributed by atoms with Crippen LogP contribution in [0.1, 0.15) is 19.8 Å². The fourth-order valence-electron chi connectivity index (χ4n) is 5.75. The Balaban J connectivity index is 1.61. The number of ether oxygens (including phenoxy) is 2. The number of cyclic esters (lactones) is 1. The lowest BCUT2D eigenvalue weighted by molar-refractivity contribution is -0.153. The number of amides is 2. The maximum atomic E-state index is 14.2. The van der Waals surface area contributed by atoms with Gasteiger partial charge in [-0.1, -0.05) is 24.3 Å². The lowest BCUT2D eigenvalue weighted by atomic mass is 9.78. The third kappa shape index (κ3) is 3.76. The van der Waals surface area contributed by atoms with Crippen molar-refractivity contribution in [3.8, 4) is 5.75 Å². The predicted octanol–water partition coefficient (Wildman–Crippen LogP) is 2.17. The van der Waals surface area contributed by atoms with Crippen LogP contribution in [0.2, 0.25) is 0 Å². The van der Waals surface area contributed by atoms with Crippen molar-refractivity contribution in [2.45, 2.75) is 41.8 Å². The Morgan fingerprint density at radius 3 is 2.69 bits per heavy atom. The number of carbonyl (C=O) groups excluding carboxylic acids is 3. The van der Waals surface area contributed by atoms with Crippen LogP contribution in [0.5, 0.6) is 5.75 Å². The minimum Gasteiger partial charge on any atom is -0.497 e. The molecule has 4 aliphatic heterocycles. The van der Waals surface area contributed by atoms with Crippen LogP contribution in [-0.4, -0.2) is 76.7 Å². The van der Waals surface area contributed by atoms with Crippen LogP contribution in [-0.2, 0) is 19.1 Å². The monoisotopic (exact) mass is 498 g/mol. The summed E-state index contributed by atoms with van der Waals surface area (Å²) < 4.78 is 9.88. The molecule has 0 aliphatic carbocycles. The van der Waals surface area contributed by atoms with Gasteiger partial charge >= 0.3 is 5.97 Å². The summed E-state index contributed by atoms with van der Waals surface area (Å²) in [4.78, 5) is 44.5. The number of rotatable bonds is 4. The van der Waals surface area contributed by atoms with Crippen LogP contribution < -0.4 is 9.64 Å². The quantitative estimate of drug-likeness (QED) is 0.502. The summed E-state index contributed by atoms with van der Waals surface area (Å²) in [6.07, 6.45) is 9.45. The maximum Gasteiger partial charge on any atom is 0.311 e. The van der Waals surface area contributed by atoms with Gasteiger partial charge in [-0.05, 0) is 44.0 Å². The lowest BCUT2D eigenvalue weighted by Gasteiger charge is -2.37. The third-order valence-corrected chi connectivity index (χ3v) is 9.16. The summed E-state index contributed by atoms with van der Waals surface area (Å²) in [6.45, 7) is 2.09. The SMILES string of the molecule is COc1ccc(N2CC=C[C@]34S[C@H]5/C=C\CCCOC(=O)[C@H]5[C@H]3C(=O)N([C@H](C)CO)C4C2=O)cc1. The zero-order chi connectivity index (χ0) is 24.7. The Morgan fingerprint density at radius 1 is 1.20 bits per heavy atom. The predicted molar refractivity (Wildman–Crippen MR) is 132 cm³/mol. The van der Waals surface area contributed by atoms with Gasteiger partial charge in [0.25, 0.3) is 5.91 Å². The Bertz CT molecular complexity index is 1070. The number of methoxy groups -OCH3 is 1. The average molecular weight is 499 g/mol. The molecule has 1 aromatic carbocycles. The van der Waals surface area contributed by atoms with Crippen molar-refractivity contribution in [3.05, 3.63) is 48.6 Å². The Hall–Kier alpha value is -2.78. The van der Waals surface area contributed by atoms with Gasteiger partial charge in [0.1, 0.15) is 11.8 Å². The molecule has 2 saturated heterocycles. The molecule has 0 saturated carbocycles. The van der Waals surface area contributed by atoms with E-state index >= 15 is 0 Å². The molecule has 5 rings (SSSR count). The number of carbonyl (C=O) groups is 3. The van der Waals surface area contributed by atoms with Crippen LogP contribution in [0.4, 0.5) is 5.69 Å². The van der Waals surface area contributed by atoms with Crippen LogP contribution in [0.25, 0.3) is 0 Å². The van der Waals surface area contributed by atoms with Crippen molar-refractivity contribution in [2.75, 3.05) is 31.8 Å². The Kier molecular flexibility index (Phi) is 6.40. The lowest BCUT2D eigenvalue weighted by Crippen LogP contribution is -2.56. The molecule has 186 valence electrons. The molecular weight excluding hydrogens is 468 g/mol. The second-order valence-corrected chi connectivity index (χ2v) is 10.9. The summed E-state index contributed by atoms with van der Waals surface area (Å²) in [7, 11) is 1.58. The largest absolute Gasteiger partial charge is 0.497 e. The summed E-state index contributed by atoms with van der Waals surface area (Å²) in [6, 6.07) is 5.78. The van der Waals surface area contributed by atoms with E-state index in [1.54, 1.807) is 31.1 Å². The highest BCUT2D eigenvalue weighted by atomic mass is 32.2. The zero-order valence-electron chi connectivity index (χ0n) is 19.8. The molecule has 35 heavy (non-hydrogen) atoms. The van der Waals surface area contributed by atoms with Crippen molar-refractivity contribution in [2.24, 2.45) is 11.8 Å². The van der Waals surface area contributed by atoms with Crippen molar-refractivity contribution in [3.63, 3.8) is 0 Å². The fraction of sp³-hybridized carbons (Fsp3) is 0.500. The first-order chi connectivity index (χ1) is 16.9. The molecule has 1 aromatic rings. The minimum atomic E-state index is -0.934. The van der Waals surface area contributed by atoms with E-state index in [2.05, 4.69) is 0 Å². The summed E-state index contributed by atoms with van der Waals surface area (Å²) >= 11 is 1.50. The second-order valence-electron chi connectivity index (χ2n) is 9.41. The zero-order valence-corrected chi connectivity index (χ0v) is 20.6. The van der Waals surface area contributed by atoms with E-state index in [1.807, 2.05) is 36.4 Å². The van der Waals surface area contributed by atoms with Crippen LogP contribution in [0.3, 0.4) is 0 Å². The number of benzene rings is 1. The van der Waals surface area contributed by atoms with E-state index in [0.29, 0.717) is 24.6 Å². The van der Waals surface area contributed by atoms with Gasteiger partial charge in [-0.25, -0.2) is 0 Å². The molecule has 0 bridgehead atoms. The standard InChI is InChI=1S/C26H30N2O6S/c1-16(15-29)28-22-24(31)27(17-8-10-18(33-2)11-9-17)13-6-12-26(22)21(23(28)30)20-19(35-26)7-4-3-5-14-34-25(20)32/h4,6-12,16,19-22,29H,3,5,13-15H2,1-2H3/b7-4-/t16-,19+,20-,21+,22?,26+/m1/s1. The van der Waals surface area contributed by atoms with Gasteiger partial charge in [0.15, 0.2) is 0 Å². The molecule has 8 nitrogen and oxygen atoms in total. The van der Waals surface area contributed by atoms with Crippen molar-refractivity contribution >= 4 is 35.2 Å². The van der Waals surface area contributed by atoms with Crippen molar-refractivity contribution < 1.29 is 29.0 Å². The highest BCUT2D eigenvalue weighted by molar-refractivity contribution is 8.02. The number of fused-ring (bicyclic) bond motifs is 2. The average Bonchev–Trinajstić information content (AvgIpc) is 3.28. The minimum absolute atomic E-state index is 0.229. The molecule has 2 fully saturated rings. The normalized spacial score (nSPS) is 34.1. The molecular formula is C26H30N2O6S. The second kappa shape index (κ2) is 9.35. The van der Waals surface area contributed by atoms with Gasteiger partial charge in [-0.15, -0.1) is 11.8 Å². The fourth-order valence-corrected chi connectivity index (χ4v) is 7.74. The molecule has 9 heteroatoms. The number of aliphatic hydroxyl groups is 1. The van der Waals surface area contributed by atoms with Crippen LogP contribution in [0.15, 0.2) is 48.6 Å². The number of esters is 1. The number of nitrogens with zero attached hydrogens (tertiary/aromatic N) is 2. The summed E-state index contributed by atoms with van der Waals surface area (Å²) in [5.41, 5.74) is 0.690. The number of thioether (sulfide) groups is 1. The van der Waals surface area contributed by atoms with Gasteiger partial charge in [-0.2, -0.15) is 0 Å². The van der Waals surface area contributed by atoms with Gasteiger partial charge in [-0.3, -0.25) is 14.4 Å². The Morgan fingerprint density at radius 2 is 1.97 bits per heavy atom. The Labute approximate surface area is 208 Å². The first kappa shape index (κ1) is 23.9. The van der Waals surface area contributed by atoms with E-state index < -0.39 is 34.6 Å². The number of hydrogen-bond donors (Lipinski definition) is 1. The van der Waals surface area contributed by atoms with E-state index in [9.17, 15) is 19.5 Å². The van der Waals surface area contributed by atoms with Gasteiger partial charge < -0.3 is 24.4 Å². The van der Waals surface area contributed by atoms with Crippen LogP contribution in [0, 0.1) is 11.8 Å². The van der Waals surface area contributed by atoms with Gasteiger partial charge in [0, 0.05) is 17.5 Å². The molecule has 0 aromatic heterocycles. The van der Waals surface area contributed by atoms with Crippen molar-refractivity contribution in [1.29, 1.82) is 0 Å². The molecule has 1 unspecified atom stereocenters. The topological polar surface area (TPSA) is 96.4 Å². The molecule has 1 spiro atoms. The van der Waals surface area contributed by atoms with E-state index in [1.165, 1.54) is 16.7 Å². The van der Waals surface area contributed by atoms with E-state index in [4.69, 9.17) is 9.47 Å². The number of aliphatic hydroxyl groups excluding tert-OH is 1. The van der Waals surface area contributed by atoms with Gasteiger partial charge in [0.2, 0.25) is 5.91 Å². The number of allylic oxidation sites excluding steroid dienone is 1. The molecule has 6 atom stereocenters. The molecule has 0 radical (unpaired) electrons. The number of anilines is 1. The number of hydrogen-bond acceptors (Lipinski definition) is 7. The highest BCUT2D eigenvalue weighted by Gasteiger charge is 2.71. The smallest absolute Gasteiger partial charge is 0.311 e. The first-order valence-electron chi connectivity index (χ1n) is 12.0. The molecule has 2 amide bonds. The first-order valence-corrected chi connectivity index (χ1v) is 12.9. The van der Waals surface area contributed by atoms with Crippen molar-refractivity contribution in [1.82, 2.24) is 4.90 Å². The number of likely N-dealkylation sites (tertiary alicyclic amines) is 1. The highest BCUT2D eigenvalue weighted by Crippen LogP contribution is 2.61. The third-order valence-electron chi connectivity index (χ3n) is 7.41. The van der Waals surface area contributed by atoms with Crippen LogP contribution >= 0.6 is 11.8 Å². The summed E-state index contributed by atoms with van der Waals surface area (Å²) in [5, 5.41) is 9.74. The maximum absolute atomic E-state index is 14.2. The molecule has 4 heterocycles. The summed E-state index contributed by atoms with van der Waals surface area (Å²) in [5.74, 6) is -1.66.